The average molecular weight is 317 g/mol. The highest BCUT2D eigenvalue weighted by Gasteiger charge is 2.07. The SMILES string of the molecule is N=C(N)c1ccc(OCc2csc3ccccc23)cc1Cl. The zero-order chi connectivity index (χ0) is 14.8. The minimum Gasteiger partial charge on any atom is -0.489 e. The number of amidine groups is 1. The number of thiophene rings is 1. The predicted molar refractivity (Wildman–Crippen MR) is 88.6 cm³/mol. The Kier molecular flexibility index (Phi) is 3.82. The van der Waals surface area contributed by atoms with E-state index >= 15 is 0 Å². The molecule has 0 fully saturated rings. The number of rotatable bonds is 4. The molecule has 0 spiro atoms. The fraction of sp³-hybridized carbons (Fsp3) is 0.0625. The van der Waals surface area contributed by atoms with E-state index in [-0.39, 0.29) is 5.84 Å². The fourth-order valence-corrected chi connectivity index (χ4v) is 3.33. The number of benzene rings is 2. The first-order valence-electron chi connectivity index (χ1n) is 6.37. The zero-order valence-corrected chi connectivity index (χ0v) is 12.7. The molecule has 2 aromatic carbocycles. The van der Waals surface area contributed by atoms with Gasteiger partial charge in [-0.25, -0.2) is 0 Å². The molecule has 0 aliphatic heterocycles. The van der Waals surface area contributed by atoms with Crippen LogP contribution in [0.1, 0.15) is 11.1 Å². The van der Waals surface area contributed by atoms with Crippen LogP contribution in [-0.2, 0) is 6.61 Å². The molecule has 3 aromatic rings. The van der Waals surface area contributed by atoms with Crippen molar-refractivity contribution in [2.75, 3.05) is 0 Å². The van der Waals surface area contributed by atoms with Gasteiger partial charge >= 0.3 is 0 Å². The van der Waals surface area contributed by atoms with E-state index in [0.29, 0.717) is 22.9 Å². The van der Waals surface area contributed by atoms with Crippen LogP contribution in [0.5, 0.6) is 5.75 Å². The number of hydrogen-bond donors (Lipinski definition) is 2. The highest BCUT2D eigenvalue weighted by atomic mass is 35.5. The maximum Gasteiger partial charge on any atom is 0.124 e. The van der Waals surface area contributed by atoms with Crippen molar-refractivity contribution in [3.05, 3.63) is 64.0 Å². The van der Waals surface area contributed by atoms with E-state index in [2.05, 4.69) is 17.5 Å². The number of hydrogen-bond acceptors (Lipinski definition) is 3. The Balaban J connectivity index is 1.79. The second kappa shape index (κ2) is 5.76. The Labute approximate surface area is 131 Å². The summed E-state index contributed by atoms with van der Waals surface area (Å²) in [6, 6.07) is 13.4. The summed E-state index contributed by atoms with van der Waals surface area (Å²) in [6.45, 7) is 0.486. The van der Waals surface area contributed by atoms with Gasteiger partial charge in [0.1, 0.15) is 18.2 Å². The van der Waals surface area contributed by atoms with Gasteiger partial charge in [0.15, 0.2) is 0 Å². The highest BCUT2D eigenvalue weighted by molar-refractivity contribution is 7.17. The summed E-state index contributed by atoms with van der Waals surface area (Å²) in [7, 11) is 0. The number of nitrogens with two attached hydrogens (primary N) is 1. The molecule has 0 saturated heterocycles. The quantitative estimate of drug-likeness (QED) is 0.553. The molecule has 1 heterocycles. The van der Waals surface area contributed by atoms with E-state index < -0.39 is 0 Å². The first-order valence-corrected chi connectivity index (χ1v) is 7.63. The molecule has 5 heteroatoms. The lowest BCUT2D eigenvalue weighted by atomic mass is 10.2. The zero-order valence-electron chi connectivity index (χ0n) is 11.1. The van der Waals surface area contributed by atoms with Crippen molar-refractivity contribution in [2.45, 2.75) is 6.61 Å². The van der Waals surface area contributed by atoms with E-state index in [4.69, 9.17) is 27.5 Å². The standard InChI is InChI=1S/C16H13ClN2OS/c17-14-7-11(5-6-13(14)16(18)19)20-8-10-9-21-15-4-2-1-3-12(10)15/h1-7,9H,8H2,(H3,18,19). The molecule has 3 nitrogen and oxygen atoms in total. The Morgan fingerprint density at radius 2 is 2.05 bits per heavy atom. The second-order valence-electron chi connectivity index (χ2n) is 4.60. The molecule has 0 bridgehead atoms. The van der Waals surface area contributed by atoms with E-state index in [9.17, 15) is 0 Å². The van der Waals surface area contributed by atoms with Gasteiger partial charge in [-0.3, -0.25) is 5.41 Å². The van der Waals surface area contributed by atoms with E-state index in [1.807, 2.05) is 12.1 Å². The average Bonchev–Trinajstić information content (AvgIpc) is 2.88. The van der Waals surface area contributed by atoms with Crippen molar-refractivity contribution in [3.8, 4) is 5.75 Å². The van der Waals surface area contributed by atoms with Crippen molar-refractivity contribution in [2.24, 2.45) is 5.73 Å². The number of halogens is 1. The number of nitrogens with one attached hydrogen (secondary N) is 1. The van der Waals surface area contributed by atoms with Crippen molar-refractivity contribution in [3.63, 3.8) is 0 Å². The number of fused-ring (bicyclic) bond motifs is 1. The largest absolute Gasteiger partial charge is 0.489 e. The van der Waals surface area contributed by atoms with Crippen molar-refractivity contribution < 1.29 is 4.74 Å². The summed E-state index contributed by atoms with van der Waals surface area (Å²) in [5.74, 6) is 0.621. The summed E-state index contributed by atoms with van der Waals surface area (Å²) < 4.78 is 7.04. The molecule has 0 amide bonds. The maximum absolute atomic E-state index is 7.41. The molecule has 0 radical (unpaired) electrons. The second-order valence-corrected chi connectivity index (χ2v) is 5.92. The third kappa shape index (κ3) is 2.86. The van der Waals surface area contributed by atoms with Crippen molar-refractivity contribution in [1.29, 1.82) is 5.41 Å². The van der Waals surface area contributed by atoms with Crippen LogP contribution in [0.2, 0.25) is 5.02 Å². The topological polar surface area (TPSA) is 59.1 Å². The predicted octanol–water partition coefficient (Wildman–Crippen LogP) is 4.42. The molecule has 21 heavy (non-hydrogen) atoms. The van der Waals surface area contributed by atoms with Gasteiger partial charge < -0.3 is 10.5 Å². The van der Waals surface area contributed by atoms with Crippen LogP contribution in [-0.4, -0.2) is 5.84 Å². The van der Waals surface area contributed by atoms with Gasteiger partial charge in [0, 0.05) is 15.8 Å². The minimum absolute atomic E-state index is 0.0459. The third-order valence-electron chi connectivity index (χ3n) is 3.19. The van der Waals surface area contributed by atoms with Crippen LogP contribution in [0, 0.1) is 5.41 Å². The molecular formula is C16H13ClN2OS. The Bertz CT molecular complexity index is 813. The summed E-state index contributed by atoms with van der Waals surface area (Å²) >= 11 is 7.79. The third-order valence-corrected chi connectivity index (χ3v) is 4.51. The minimum atomic E-state index is -0.0459. The molecule has 3 N–H and O–H groups in total. The van der Waals surface area contributed by atoms with Crippen molar-refractivity contribution >= 4 is 38.9 Å². The Hall–Kier alpha value is -2.04. The van der Waals surface area contributed by atoms with Gasteiger partial charge in [-0.15, -0.1) is 11.3 Å². The van der Waals surface area contributed by atoms with Gasteiger partial charge in [0.2, 0.25) is 0 Å². The van der Waals surface area contributed by atoms with Gasteiger partial charge in [-0.05, 0) is 35.0 Å². The summed E-state index contributed by atoms with van der Waals surface area (Å²) in [5.41, 5.74) is 7.11. The summed E-state index contributed by atoms with van der Waals surface area (Å²) in [4.78, 5) is 0. The first kappa shape index (κ1) is 13.9. The first-order chi connectivity index (χ1) is 10.1. The highest BCUT2D eigenvalue weighted by Crippen LogP contribution is 2.28. The van der Waals surface area contributed by atoms with Crippen molar-refractivity contribution in [1.82, 2.24) is 0 Å². The molecule has 0 aliphatic carbocycles. The Morgan fingerprint density at radius 1 is 1.24 bits per heavy atom. The monoisotopic (exact) mass is 316 g/mol. The normalized spacial score (nSPS) is 10.7. The van der Waals surface area contributed by atoms with Gasteiger partial charge in [0.25, 0.3) is 0 Å². The molecule has 0 aliphatic rings. The molecule has 106 valence electrons. The smallest absolute Gasteiger partial charge is 0.124 e. The molecule has 0 atom stereocenters. The lowest BCUT2D eigenvalue weighted by Crippen LogP contribution is -2.11. The molecule has 0 saturated carbocycles. The van der Waals surface area contributed by atoms with Gasteiger partial charge in [0.05, 0.1) is 5.02 Å². The molecule has 0 unspecified atom stereocenters. The van der Waals surface area contributed by atoms with Crippen LogP contribution < -0.4 is 10.5 Å². The molecular weight excluding hydrogens is 304 g/mol. The number of nitrogen functional groups attached to an aromatic ring is 1. The summed E-state index contributed by atoms with van der Waals surface area (Å²) in [5, 5.41) is 11.2. The van der Waals surface area contributed by atoms with Crippen LogP contribution in [0.25, 0.3) is 10.1 Å². The van der Waals surface area contributed by atoms with E-state index in [1.54, 1.807) is 29.5 Å². The van der Waals surface area contributed by atoms with Gasteiger partial charge in [-0.2, -0.15) is 0 Å². The van der Waals surface area contributed by atoms with E-state index in [1.165, 1.54) is 10.1 Å². The number of ether oxygens (including phenoxy) is 1. The lowest BCUT2D eigenvalue weighted by molar-refractivity contribution is 0.308. The summed E-state index contributed by atoms with van der Waals surface area (Å²) in [6.07, 6.45) is 0. The van der Waals surface area contributed by atoms with E-state index in [0.717, 1.165) is 5.56 Å². The molecule has 3 rings (SSSR count). The van der Waals surface area contributed by atoms with Crippen LogP contribution >= 0.6 is 22.9 Å². The fourth-order valence-electron chi connectivity index (χ4n) is 2.11. The Morgan fingerprint density at radius 3 is 2.81 bits per heavy atom. The van der Waals surface area contributed by atoms with Crippen LogP contribution in [0.3, 0.4) is 0 Å². The van der Waals surface area contributed by atoms with Crippen LogP contribution in [0.4, 0.5) is 0 Å². The maximum atomic E-state index is 7.41. The lowest BCUT2D eigenvalue weighted by Gasteiger charge is -2.08. The van der Waals surface area contributed by atoms with Crippen LogP contribution in [0.15, 0.2) is 47.8 Å². The molecule has 1 aromatic heterocycles. The van der Waals surface area contributed by atoms with Gasteiger partial charge in [-0.1, -0.05) is 29.8 Å².